The highest BCUT2D eigenvalue weighted by atomic mass is 16.6. The van der Waals surface area contributed by atoms with Gasteiger partial charge in [0.05, 0.1) is 16.8 Å². The average Bonchev–Trinajstić information content (AvgIpc) is 3.07. The van der Waals surface area contributed by atoms with Gasteiger partial charge in [-0.3, -0.25) is 29.0 Å². The van der Waals surface area contributed by atoms with E-state index >= 15 is 0 Å². The summed E-state index contributed by atoms with van der Waals surface area (Å²) < 4.78 is 5.47. The van der Waals surface area contributed by atoms with Crippen molar-refractivity contribution in [3.05, 3.63) is 90.0 Å². The van der Waals surface area contributed by atoms with Crippen LogP contribution in [-0.4, -0.2) is 47.3 Å². The number of ether oxygens (including phenoxy) is 1. The highest BCUT2D eigenvalue weighted by Gasteiger charge is 2.38. The largest absolute Gasteiger partial charge is 0.459 e. The molecule has 0 spiro atoms. The second-order valence-corrected chi connectivity index (χ2v) is 9.19. The van der Waals surface area contributed by atoms with Gasteiger partial charge >= 0.3 is 5.97 Å². The average molecular weight is 471 g/mol. The zero-order chi connectivity index (χ0) is 25.2. The number of esters is 1. The maximum Gasteiger partial charge on any atom is 0.326 e. The number of carbonyl (C=O) groups excluding carboxylic acids is 4. The molecule has 0 aromatic heterocycles. The third-order valence-corrected chi connectivity index (χ3v) is 5.46. The van der Waals surface area contributed by atoms with Crippen molar-refractivity contribution in [2.45, 2.75) is 26.4 Å². The van der Waals surface area contributed by atoms with Gasteiger partial charge in [0.15, 0.2) is 0 Å². The number of benzene rings is 3. The fraction of sp³-hybridized carbons (Fsp3) is 0.214. The Morgan fingerprint density at radius 1 is 0.771 bits per heavy atom. The van der Waals surface area contributed by atoms with E-state index in [1.54, 1.807) is 57.2 Å². The minimum atomic E-state index is -0.743. The zero-order valence-corrected chi connectivity index (χ0v) is 19.9. The topological polar surface area (TPSA) is 84.0 Å². The molecule has 3 amide bonds. The normalized spacial score (nSPS) is 12.9. The molecule has 35 heavy (non-hydrogen) atoms. The van der Waals surface area contributed by atoms with Crippen LogP contribution in [0.5, 0.6) is 0 Å². The molecule has 0 unspecified atom stereocenters. The van der Waals surface area contributed by atoms with E-state index in [4.69, 9.17) is 4.74 Å². The third-order valence-electron chi connectivity index (χ3n) is 5.46. The number of nitrogens with zero attached hydrogens (tertiary/aromatic N) is 2. The summed E-state index contributed by atoms with van der Waals surface area (Å²) in [4.78, 5) is 54.3. The number of anilines is 1. The Kier molecular flexibility index (Phi) is 6.51. The number of carbonyl (C=O) groups is 4. The van der Waals surface area contributed by atoms with Crippen LogP contribution >= 0.6 is 0 Å². The molecule has 0 bridgehead atoms. The number of imide groups is 1. The fourth-order valence-electron chi connectivity index (χ4n) is 3.98. The molecule has 1 aliphatic rings. The van der Waals surface area contributed by atoms with Gasteiger partial charge in [0.1, 0.15) is 18.7 Å². The van der Waals surface area contributed by atoms with E-state index in [-0.39, 0.29) is 17.7 Å². The van der Waals surface area contributed by atoms with E-state index < -0.39 is 35.8 Å². The van der Waals surface area contributed by atoms with Crippen LogP contribution in [0.1, 0.15) is 41.5 Å². The Bertz CT molecular complexity index is 1260. The van der Waals surface area contributed by atoms with Gasteiger partial charge in [0.2, 0.25) is 5.91 Å². The van der Waals surface area contributed by atoms with Gasteiger partial charge in [-0.05, 0) is 44.5 Å². The van der Waals surface area contributed by atoms with Crippen molar-refractivity contribution in [1.82, 2.24) is 4.90 Å². The van der Waals surface area contributed by atoms with Crippen molar-refractivity contribution in [2.24, 2.45) is 0 Å². The van der Waals surface area contributed by atoms with Crippen LogP contribution in [0, 0.1) is 0 Å². The molecule has 1 heterocycles. The Hall–Kier alpha value is -4.26. The molecule has 0 atom stereocenters. The maximum absolute atomic E-state index is 13.6. The molecule has 7 nitrogen and oxygen atoms in total. The summed E-state index contributed by atoms with van der Waals surface area (Å²) in [6.07, 6.45) is 0. The van der Waals surface area contributed by atoms with E-state index in [1.165, 1.54) is 4.90 Å². The molecule has 7 heteroatoms. The van der Waals surface area contributed by atoms with Crippen molar-refractivity contribution in [2.75, 3.05) is 18.0 Å². The quantitative estimate of drug-likeness (QED) is 0.396. The van der Waals surface area contributed by atoms with Gasteiger partial charge in [-0.2, -0.15) is 0 Å². The van der Waals surface area contributed by atoms with Crippen LogP contribution in [-0.2, 0) is 14.3 Å². The number of amides is 3. The smallest absolute Gasteiger partial charge is 0.326 e. The van der Waals surface area contributed by atoms with E-state index in [1.807, 2.05) is 42.5 Å². The van der Waals surface area contributed by atoms with Crippen molar-refractivity contribution in [3.8, 4) is 11.1 Å². The molecular weight excluding hydrogens is 444 g/mol. The number of rotatable bonds is 6. The summed E-state index contributed by atoms with van der Waals surface area (Å²) in [5, 5.41) is 0. The Morgan fingerprint density at radius 2 is 1.29 bits per heavy atom. The molecule has 0 saturated carbocycles. The Morgan fingerprint density at radius 3 is 1.86 bits per heavy atom. The predicted molar refractivity (Wildman–Crippen MR) is 132 cm³/mol. The van der Waals surface area contributed by atoms with Crippen LogP contribution in [0.4, 0.5) is 5.69 Å². The molecule has 4 rings (SSSR count). The summed E-state index contributed by atoms with van der Waals surface area (Å²) >= 11 is 0. The molecule has 0 saturated heterocycles. The Labute approximate surface area is 203 Å². The Balaban J connectivity index is 1.69. The summed E-state index contributed by atoms with van der Waals surface area (Å²) in [6.45, 7) is 4.36. The van der Waals surface area contributed by atoms with Gasteiger partial charge in [-0.1, -0.05) is 60.7 Å². The summed E-state index contributed by atoms with van der Waals surface area (Å²) in [7, 11) is 0. The second-order valence-electron chi connectivity index (χ2n) is 9.19. The molecule has 3 aromatic rings. The maximum atomic E-state index is 13.6. The lowest BCUT2D eigenvalue weighted by atomic mass is 10.0. The van der Waals surface area contributed by atoms with E-state index in [2.05, 4.69) is 0 Å². The van der Waals surface area contributed by atoms with E-state index in [0.717, 1.165) is 16.0 Å². The van der Waals surface area contributed by atoms with Crippen LogP contribution in [0.25, 0.3) is 11.1 Å². The predicted octanol–water partition coefficient (Wildman–Crippen LogP) is 4.32. The number of fused-ring (bicyclic) bond motifs is 1. The van der Waals surface area contributed by atoms with Crippen molar-refractivity contribution >= 4 is 29.4 Å². The van der Waals surface area contributed by atoms with Crippen molar-refractivity contribution in [3.63, 3.8) is 0 Å². The second kappa shape index (κ2) is 9.54. The van der Waals surface area contributed by atoms with Crippen molar-refractivity contribution < 1.29 is 23.9 Å². The fourth-order valence-corrected chi connectivity index (χ4v) is 3.98. The molecule has 0 aliphatic carbocycles. The first-order valence-corrected chi connectivity index (χ1v) is 11.3. The zero-order valence-electron chi connectivity index (χ0n) is 19.9. The lowest BCUT2D eigenvalue weighted by Gasteiger charge is -2.28. The van der Waals surface area contributed by atoms with Crippen LogP contribution in [0.3, 0.4) is 0 Å². The third kappa shape index (κ3) is 5.14. The molecular formula is C28H26N2O5. The number of para-hydroxylation sites is 1. The van der Waals surface area contributed by atoms with Crippen LogP contribution in [0.15, 0.2) is 78.9 Å². The minimum Gasteiger partial charge on any atom is -0.459 e. The van der Waals surface area contributed by atoms with Gasteiger partial charge < -0.3 is 4.74 Å². The lowest BCUT2D eigenvalue weighted by molar-refractivity contribution is -0.153. The van der Waals surface area contributed by atoms with E-state index in [9.17, 15) is 19.2 Å². The number of hydrogen-bond acceptors (Lipinski definition) is 5. The van der Waals surface area contributed by atoms with Gasteiger partial charge in [0.25, 0.3) is 11.8 Å². The van der Waals surface area contributed by atoms with Crippen LogP contribution < -0.4 is 4.90 Å². The van der Waals surface area contributed by atoms with Gasteiger partial charge in [-0.15, -0.1) is 0 Å². The molecule has 0 N–H and O–H groups in total. The van der Waals surface area contributed by atoms with E-state index in [0.29, 0.717) is 5.69 Å². The first-order valence-electron chi connectivity index (χ1n) is 11.3. The standard InChI is InChI=1S/C28H26N2O5/c1-28(2,3)35-25(32)18-29(23-16-10-9-13-20(23)19-11-5-4-6-12-19)24(31)17-30-26(33)21-14-7-8-15-22(21)27(30)34/h4-16H,17-18H2,1-3H3. The van der Waals surface area contributed by atoms with Gasteiger partial charge in [-0.25, -0.2) is 0 Å². The van der Waals surface area contributed by atoms with Crippen molar-refractivity contribution in [1.29, 1.82) is 0 Å². The monoisotopic (exact) mass is 470 g/mol. The van der Waals surface area contributed by atoms with Gasteiger partial charge in [0, 0.05) is 5.56 Å². The first-order chi connectivity index (χ1) is 16.7. The minimum absolute atomic E-state index is 0.258. The molecule has 178 valence electrons. The molecule has 3 aromatic carbocycles. The summed E-state index contributed by atoms with van der Waals surface area (Å²) in [5.74, 6) is -2.25. The first kappa shape index (κ1) is 23.9. The highest BCUT2D eigenvalue weighted by Crippen LogP contribution is 2.31. The summed E-state index contributed by atoms with van der Waals surface area (Å²) in [6, 6.07) is 23.1. The van der Waals surface area contributed by atoms with Crippen LogP contribution in [0.2, 0.25) is 0 Å². The summed E-state index contributed by atoms with van der Waals surface area (Å²) in [5.41, 5.74) is 1.83. The molecule has 0 radical (unpaired) electrons. The highest BCUT2D eigenvalue weighted by molar-refractivity contribution is 6.23. The molecule has 0 fully saturated rings. The molecule has 1 aliphatic heterocycles. The number of hydrogen-bond donors (Lipinski definition) is 0. The SMILES string of the molecule is CC(C)(C)OC(=O)CN(C(=O)CN1C(=O)c2ccccc2C1=O)c1ccccc1-c1ccccc1. The lowest BCUT2D eigenvalue weighted by Crippen LogP contribution is -2.46.